The van der Waals surface area contributed by atoms with Crippen LogP contribution >= 0.6 is 0 Å². The molecule has 5 aliphatic rings. The predicted molar refractivity (Wildman–Crippen MR) is 84.7 cm³/mol. The molecule has 1 heteroatoms. The van der Waals surface area contributed by atoms with Crippen molar-refractivity contribution in [3.63, 3.8) is 0 Å². The summed E-state index contributed by atoms with van der Waals surface area (Å²) in [6.07, 6.45) is 15.3. The Hall–Kier alpha value is -0.0400. The van der Waals surface area contributed by atoms with Crippen molar-refractivity contribution in [1.29, 1.82) is 0 Å². The minimum absolute atomic E-state index is 0.450. The van der Waals surface area contributed by atoms with Gasteiger partial charge >= 0.3 is 0 Å². The Kier molecular flexibility index (Phi) is 3.22. The molecule has 4 aliphatic carbocycles. The molecule has 0 spiro atoms. The maximum atomic E-state index is 2.83. The van der Waals surface area contributed by atoms with E-state index in [4.69, 9.17) is 0 Å². The Morgan fingerprint density at radius 3 is 1.85 bits per heavy atom. The molecule has 5 rings (SSSR count). The average molecular weight is 275 g/mol. The van der Waals surface area contributed by atoms with E-state index < -0.39 is 0 Å². The molecule has 5 fully saturated rings. The Morgan fingerprint density at radius 1 is 0.850 bits per heavy atom. The monoisotopic (exact) mass is 275 g/mol. The molecule has 0 amide bonds. The van der Waals surface area contributed by atoms with Crippen molar-refractivity contribution in [2.45, 2.75) is 83.6 Å². The maximum absolute atomic E-state index is 2.83. The largest absolute Gasteiger partial charge is 0.298 e. The van der Waals surface area contributed by atoms with E-state index in [1.165, 1.54) is 38.8 Å². The molecule has 0 aromatic heterocycles. The third-order valence-electron chi connectivity index (χ3n) is 7.18. The van der Waals surface area contributed by atoms with Crippen LogP contribution in [0, 0.1) is 23.2 Å². The Morgan fingerprint density at radius 2 is 1.35 bits per heavy atom. The number of likely N-dealkylation sites (tertiary alicyclic amines) is 1. The van der Waals surface area contributed by atoms with Gasteiger partial charge in [-0.05, 0) is 108 Å². The highest BCUT2D eigenvalue weighted by Crippen LogP contribution is 2.62. The van der Waals surface area contributed by atoms with Crippen LogP contribution in [0.3, 0.4) is 0 Å². The van der Waals surface area contributed by atoms with Gasteiger partial charge in [-0.2, -0.15) is 0 Å². The summed E-state index contributed by atoms with van der Waals surface area (Å²) in [5.74, 6) is 3.33. The number of rotatable bonds is 3. The van der Waals surface area contributed by atoms with Gasteiger partial charge in [0.1, 0.15) is 0 Å². The van der Waals surface area contributed by atoms with E-state index in [1.807, 2.05) is 0 Å². The molecule has 1 heterocycles. The molecule has 0 atom stereocenters. The quantitative estimate of drug-likeness (QED) is 0.711. The van der Waals surface area contributed by atoms with Crippen LogP contribution in [0.4, 0.5) is 0 Å². The molecule has 1 aliphatic heterocycles. The van der Waals surface area contributed by atoms with Crippen molar-refractivity contribution in [2.75, 3.05) is 13.1 Å². The van der Waals surface area contributed by atoms with E-state index in [9.17, 15) is 0 Å². The molecule has 20 heavy (non-hydrogen) atoms. The van der Waals surface area contributed by atoms with Crippen LogP contribution in [-0.4, -0.2) is 23.5 Å². The first-order valence-corrected chi connectivity index (χ1v) is 9.30. The smallest absolute Gasteiger partial charge is 0.0158 e. The molecule has 4 saturated carbocycles. The summed E-state index contributed by atoms with van der Waals surface area (Å²) in [5.41, 5.74) is 1.20. The normalized spacial score (nSPS) is 45.0. The Bertz CT molecular complexity index is 329. The van der Waals surface area contributed by atoms with Crippen LogP contribution in [0.5, 0.6) is 0 Å². The third kappa shape index (κ3) is 2.34. The molecule has 1 nitrogen and oxygen atoms in total. The van der Waals surface area contributed by atoms with Crippen LogP contribution in [-0.2, 0) is 0 Å². The molecule has 0 radical (unpaired) electrons. The molecule has 0 aromatic carbocycles. The van der Waals surface area contributed by atoms with Gasteiger partial charge in [0.25, 0.3) is 0 Å². The fourth-order valence-electron chi connectivity index (χ4n) is 7.04. The van der Waals surface area contributed by atoms with E-state index in [0.29, 0.717) is 5.54 Å². The van der Waals surface area contributed by atoms with Crippen LogP contribution < -0.4 is 0 Å². The lowest BCUT2D eigenvalue weighted by Crippen LogP contribution is -2.54. The van der Waals surface area contributed by atoms with Gasteiger partial charge in [0.05, 0.1) is 0 Å². The standard InChI is InChI=1S/C19H33N/c1-18(2,20-6-4-3-5-7-20)14-19-11-15-8-16(12-19)10-17(9-15)13-19/h15-17H,3-14H2,1-2H3. The summed E-state index contributed by atoms with van der Waals surface area (Å²) in [4.78, 5) is 2.83. The number of piperidine rings is 1. The Balaban J connectivity index is 1.50. The second kappa shape index (κ2) is 4.73. The molecule has 0 unspecified atom stereocenters. The molecule has 4 bridgehead atoms. The lowest BCUT2D eigenvalue weighted by atomic mass is 9.47. The second-order valence-corrected chi connectivity index (χ2v) is 9.45. The maximum Gasteiger partial charge on any atom is 0.0158 e. The second-order valence-electron chi connectivity index (χ2n) is 9.45. The van der Waals surface area contributed by atoms with Crippen molar-refractivity contribution in [3.05, 3.63) is 0 Å². The first-order valence-electron chi connectivity index (χ1n) is 9.30. The Labute approximate surface area is 125 Å². The van der Waals surface area contributed by atoms with E-state index >= 15 is 0 Å². The van der Waals surface area contributed by atoms with Gasteiger partial charge in [-0.15, -0.1) is 0 Å². The average Bonchev–Trinajstić information content (AvgIpc) is 2.36. The molecular weight excluding hydrogens is 242 g/mol. The van der Waals surface area contributed by atoms with Crippen LogP contribution in [0.1, 0.15) is 78.1 Å². The summed E-state index contributed by atoms with van der Waals surface area (Å²) < 4.78 is 0. The molecule has 1 saturated heterocycles. The van der Waals surface area contributed by atoms with E-state index in [0.717, 1.165) is 23.2 Å². The zero-order valence-electron chi connectivity index (χ0n) is 13.7. The van der Waals surface area contributed by atoms with E-state index in [1.54, 1.807) is 38.5 Å². The van der Waals surface area contributed by atoms with E-state index in [-0.39, 0.29) is 0 Å². The summed E-state index contributed by atoms with van der Waals surface area (Å²) >= 11 is 0. The lowest BCUT2D eigenvalue weighted by molar-refractivity contribution is -0.0839. The van der Waals surface area contributed by atoms with Crippen molar-refractivity contribution in [3.8, 4) is 0 Å². The van der Waals surface area contributed by atoms with Gasteiger partial charge < -0.3 is 0 Å². The third-order valence-corrected chi connectivity index (χ3v) is 7.18. The highest BCUT2D eigenvalue weighted by Gasteiger charge is 2.52. The van der Waals surface area contributed by atoms with Crippen molar-refractivity contribution < 1.29 is 0 Å². The van der Waals surface area contributed by atoms with Gasteiger partial charge in [-0.3, -0.25) is 4.90 Å². The van der Waals surface area contributed by atoms with Crippen molar-refractivity contribution >= 4 is 0 Å². The minimum atomic E-state index is 0.450. The van der Waals surface area contributed by atoms with Gasteiger partial charge in [0.15, 0.2) is 0 Å². The topological polar surface area (TPSA) is 3.24 Å². The lowest BCUT2D eigenvalue weighted by Gasteiger charge is -2.59. The van der Waals surface area contributed by atoms with E-state index in [2.05, 4.69) is 18.7 Å². The molecule has 114 valence electrons. The highest BCUT2D eigenvalue weighted by atomic mass is 15.2. The van der Waals surface area contributed by atoms with Crippen LogP contribution in [0.25, 0.3) is 0 Å². The zero-order chi connectivity index (χ0) is 13.8. The van der Waals surface area contributed by atoms with Gasteiger partial charge in [0, 0.05) is 5.54 Å². The van der Waals surface area contributed by atoms with Gasteiger partial charge in [-0.25, -0.2) is 0 Å². The fraction of sp³-hybridized carbons (Fsp3) is 1.00. The first-order chi connectivity index (χ1) is 9.55. The highest BCUT2D eigenvalue weighted by molar-refractivity contribution is 5.04. The van der Waals surface area contributed by atoms with Gasteiger partial charge in [-0.1, -0.05) is 6.42 Å². The summed E-state index contributed by atoms with van der Waals surface area (Å²) in [5, 5.41) is 0. The summed E-state index contributed by atoms with van der Waals surface area (Å²) in [6, 6.07) is 0. The SMILES string of the molecule is CC(C)(CC12CC3CC(CC(C3)C1)C2)N1CCCCC1. The van der Waals surface area contributed by atoms with Crippen LogP contribution in [0.2, 0.25) is 0 Å². The number of hydrogen-bond donors (Lipinski definition) is 0. The first kappa shape index (κ1) is 13.6. The van der Waals surface area contributed by atoms with Crippen molar-refractivity contribution in [1.82, 2.24) is 4.90 Å². The minimum Gasteiger partial charge on any atom is -0.298 e. The van der Waals surface area contributed by atoms with Crippen LogP contribution in [0.15, 0.2) is 0 Å². The molecule has 0 N–H and O–H groups in total. The van der Waals surface area contributed by atoms with Crippen molar-refractivity contribution in [2.24, 2.45) is 23.2 Å². The number of hydrogen-bond acceptors (Lipinski definition) is 1. The van der Waals surface area contributed by atoms with Gasteiger partial charge in [0.2, 0.25) is 0 Å². The summed E-state index contributed by atoms with van der Waals surface area (Å²) in [6.45, 7) is 7.83. The zero-order valence-corrected chi connectivity index (χ0v) is 13.7. The number of nitrogens with zero attached hydrogens (tertiary/aromatic N) is 1. The predicted octanol–water partition coefficient (Wildman–Crippen LogP) is 4.86. The fourth-order valence-corrected chi connectivity index (χ4v) is 7.04. The molecular formula is C19H33N. The summed E-state index contributed by atoms with van der Waals surface area (Å²) in [7, 11) is 0. The molecule has 0 aromatic rings.